The highest BCUT2D eigenvalue weighted by Crippen LogP contribution is 2.28. The predicted octanol–water partition coefficient (Wildman–Crippen LogP) is 3.46. The summed E-state index contributed by atoms with van der Waals surface area (Å²) in [6.07, 6.45) is 3.70. The molecule has 2 atom stereocenters. The smallest absolute Gasteiger partial charge is 0.181 e. The Morgan fingerprint density at radius 2 is 2.00 bits per heavy atom. The number of hydrogen-bond acceptors (Lipinski definition) is 2. The topological polar surface area (TPSA) is 35.8 Å². The van der Waals surface area contributed by atoms with Crippen molar-refractivity contribution in [3.05, 3.63) is 29.8 Å². The summed E-state index contributed by atoms with van der Waals surface area (Å²) in [4.78, 5) is 0. The van der Waals surface area contributed by atoms with Crippen LogP contribution in [0.2, 0.25) is 0 Å². The van der Waals surface area contributed by atoms with Crippen molar-refractivity contribution in [2.75, 3.05) is 5.32 Å². The van der Waals surface area contributed by atoms with Gasteiger partial charge in [-0.1, -0.05) is 18.9 Å². The van der Waals surface area contributed by atoms with Crippen molar-refractivity contribution in [2.45, 2.75) is 31.7 Å². The van der Waals surface area contributed by atoms with Crippen molar-refractivity contribution < 1.29 is 8.78 Å². The highest BCUT2D eigenvalue weighted by molar-refractivity contribution is 5.46. The van der Waals surface area contributed by atoms with E-state index in [2.05, 4.69) is 11.4 Å². The number of halogens is 2. The highest BCUT2D eigenvalue weighted by atomic mass is 19.2. The SMILES string of the molecule is N#CC1CCCCC1Nc1cccc(F)c1F. The fraction of sp³-hybridized carbons (Fsp3) is 0.462. The number of benzene rings is 1. The number of rotatable bonds is 2. The molecule has 0 aliphatic heterocycles. The molecule has 0 spiro atoms. The average molecular weight is 236 g/mol. The van der Waals surface area contributed by atoms with Gasteiger partial charge in [-0.25, -0.2) is 8.78 Å². The lowest BCUT2D eigenvalue weighted by molar-refractivity contribution is 0.386. The molecule has 17 heavy (non-hydrogen) atoms. The number of hydrogen-bond donors (Lipinski definition) is 1. The Balaban J connectivity index is 2.14. The maximum atomic E-state index is 13.5. The van der Waals surface area contributed by atoms with E-state index in [9.17, 15) is 8.78 Å². The van der Waals surface area contributed by atoms with Gasteiger partial charge in [0.1, 0.15) is 0 Å². The molecule has 0 bridgehead atoms. The van der Waals surface area contributed by atoms with Gasteiger partial charge in [0.2, 0.25) is 0 Å². The first-order valence-corrected chi connectivity index (χ1v) is 5.82. The minimum atomic E-state index is -0.866. The number of nitriles is 1. The van der Waals surface area contributed by atoms with Crippen LogP contribution in [0.1, 0.15) is 25.7 Å². The molecule has 0 aromatic heterocycles. The van der Waals surface area contributed by atoms with Crippen LogP contribution in [0.3, 0.4) is 0 Å². The summed E-state index contributed by atoms with van der Waals surface area (Å²) in [5.74, 6) is -1.85. The first-order chi connectivity index (χ1) is 8.22. The normalized spacial score (nSPS) is 24.1. The summed E-state index contributed by atoms with van der Waals surface area (Å²) in [5.41, 5.74) is 0.150. The Morgan fingerprint density at radius 3 is 2.76 bits per heavy atom. The van der Waals surface area contributed by atoms with Crippen molar-refractivity contribution in [3.8, 4) is 6.07 Å². The van der Waals surface area contributed by atoms with Crippen LogP contribution in [0.5, 0.6) is 0 Å². The first kappa shape index (κ1) is 11.8. The van der Waals surface area contributed by atoms with Gasteiger partial charge in [-0.3, -0.25) is 0 Å². The highest BCUT2D eigenvalue weighted by Gasteiger charge is 2.25. The molecular weight excluding hydrogens is 222 g/mol. The van der Waals surface area contributed by atoms with Crippen molar-refractivity contribution in [2.24, 2.45) is 5.92 Å². The number of anilines is 1. The van der Waals surface area contributed by atoms with Crippen LogP contribution in [0.4, 0.5) is 14.5 Å². The van der Waals surface area contributed by atoms with E-state index in [4.69, 9.17) is 5.26 Å². The maximum absolute atomic E-state index is 13.5. The molecule has 1 fully saturated rings. The molecule has 1 aromatic rings. The van der Waals surface area contributed by atoms with Crippen LogP contribution < -0.4 is 5.32 Å². The number of nitrogens with zero attached hydrogens (tertiary/aromatic N) is 1. The van der Waals surface area contributed by atoms with E-state index in [1.54, 1.807) is 0 Å². The monoisotopic (exact) mass is 236 g/mol. The van der Waals surface area contributed by atoms with Crippen LogP contribution >= 0.6 is 0 Å². The molecule has 1 aromatic carbocycles. The van der Waals surface area contributed by atoms with Crippen molar-refractivity contribution >= 4 is 5.69 Å². The van der Waals surface area contributed by atoms with Gasteiger partial charge >= 0.3 is 0 Å². The van der Waals surface area contributed by atoms with Crippen molar-refractivity contribution in [1.82, 2.24) is 0 Å². The number of nitrogens with one attached hydrogen (secondary N) is 1. The van der Waals surface area contributed by atoms with E-state index in [0.29, 0.717) is 0 Å². The minimum absolute atomic E-state index is 0.0787. The van der Waals surface area contributed by atoms with Gasteiger partial charge in [-0.2, -0.15) is 5.26 Å². The van der Waals surface area contributed by atoms with E-state index in [-0.39, 0.29) is 17.6 Å². The molecule has 2 rings (SSSR count). The fourth-order valence-electron chi connectivity index (χ4n) is 2.27. The van der Waals surface area contributed by atoms with Crippen LogP contribution in [0.15, 0.2) is 18.2 Å². The van der Waals surface area contributed by atoms with E-state index >= 15 is 0 Å². The molecule has 0 radical (unpaired) electrons. The van der Waals surface area contributed by atoms with E-state index in [0.717, 1.165) is 31.7 Å². The van der Waals surface area contributed by atoms with Gasteiger partial charge in [0, 0.05) is 6.04 Å². The zero-order valence-electron chi connectivity index (χ0n) is 9.42. The van der Waals surface area contributed by atoms with Gasteiger partial charge in [0.15, 0.2) is 11.6 Å². The Labute approximate surface area is 99.3 Å². The maximum Gasteiger partial charge on any atom is 0.181 e. The lowest BCUT2D eigenvalue weighted by atomic mass is 9.85. The fourth-order valence-corrected chi connectivity index (χ4v) is 2.27. The van der Waals surface area contributed by atoms with Crippen LogP contribution in [0.25, 0.3) is 0 Å². The second-order valence-electron chi connectivity index (χ2n) is 4.37. The minimum Gasteiger partial charge on any atom is -0.379 e. The zero-order chi connectivity index (χ0) is 12.3. The summed E-state index contributed by atoms with van der Waals surface area (Å²) in [6.45, 7) is 0. The molecule has 1 N–H and O–H groups in total. The molecule has 0 amide bonds. The van der Waals surface area contributed by atoms with Gasteiger partial charge < -0.3 is 5.32 Å². The molecule has 0 heterocycles. The van der Waals surface area contributed by atoms with E-state index < -0.39 is 11.6 Å². The molecule has 4 heteroatoms. The second-order valence-corrected chi connectivity index (χ2v) is 4.37. The Hall–Kier alpha value is -1.63. The van der Waals surface area contributed by atoms with Gasteiger partial charge in [0.25, 0.3) is 0 Å². The molecule has 1 saturated carbocycles. The Kier molecular flexibility index (Phi) is 3.58. The van der Waals surface area contributed by atoms with Gasteiger partial charge in [-0.15, -0.1) is 0 Å². The average Bonchev–Trinajstić information content (AvgIpc) is 2.35. The van der Waals surface area contributed by atoms with Crippen LogP contribution in [-0.2, 0) is 0 Å². The molecular formula is C13H14F2N2. The summed E-state index contributed by atoms with van der Waals surface area (Å²) < 4.78 is 26.5. The molecule has 90 valence electrons. The molecule has 2 nitrogen and oxygen atoms in total. The summed E-state index contributed by atoms with van der Waals surface area (Å²) in [5, 5.41) is 12.0. The van der Waals surface area contributed by atoms with Gasteiger partial charge in [-0.05, 0) is 25.0 Å². The zero-order valence-corrected chi connectivity index (χ0v) is 9.42. The predicted molar refractivity (Wildman–Crippen MR) is 61.3 cm³/mol. The molecule has 1 aliphatic rings. The van der Waals surface area contributed by atoms with Crippen molar-refractivity contribution in [1.29, 1.82) is 5.26 Å². The third kappa shape index (κ3) is 2.55. The van der Waals surface area contributed by atoms with Crippen molar-refractivity contribution in [3.63, 3.8) is 0 Å². The summed E-state index contributed by atoms with van der Waals surface area (Å²) in [7, 11) is 0. The Bertz CT molecular complexity index is 440. The molecule has 2 unspecified atom stereocenters. The lowest BCUT2D eigenvalue weighted by Gasteiger charge is -2.28. The first-order valence-electron chi connectivity index (χ1n) is 5.82. The van der Waals surface area contributed by atoms with E-state index in [1.165, 1.54) is 12.1 Å². The lowest BCUT2D eigenvalue weighted by Crippen LogP contribution is -2.31. The third-order valence-corrected chi connectivity index (χ3v) is 3.22. The second kappa shape index (κ2) is 5.13. The quantitative estimate of drug-likeness (QED) is 0.853. The summed E-state index contributed by atoms with van der Waals surface area (Å²) >= 11 is 0. The van der Waals surface area contributed by atoms with Crippen LogP contribution in [-0.4, -0.2) is 6.04 Å². The third-order valence-electron chi connectivity index (χ3n) is 3.22. The van der Waals surface area contributed by atoms with Gasteiger partial charge in [0.05, 0.1) is 17.7 Å². The largest absolute Gasteiger partial charge is 0.379 e. The van der Waals surface area contributed by atoms with E-state index in [1.807, 2.05) is 0 Å². The Morgan fingerprint density at radius 1 is 1.24 bits per heavy atom. The summed E-state index contributed by atoms with van der Waals surface area (Å²) in [6, 6.07) is 6.20. The standard InChI is InChI=1S/C13H14F2N2/c14-10-5-3-7-12(13(10)15)17-11-6-2-1-4-9(11)8-16/h3,5,7,9,11,17H,1-2,4,6H2. The molecule has 0 saturated heterocycles. The van der Waals surface area contributed by atoms with Crippen LogP contribution in [0, 0.1) is 28.9 Å². The molecule has 1 aliphatic carbocycles.